The number of Topliss-reactive ketones (excluding diaryl/α,β-unsaturated/α-hetero) is 1. The summed E-state index contributed by atoms with van der Waals surface area (Å²) in [6.07, 6.45) is 6.29. The first-order valence-corrected chi connectivity index (χ1v) is 8.83. The second kappa shape index (κ2) is 5.29. The van der Waals surface area contributed by atoms with Crippen molar-refractivity contribution in [2.45, 2.75) is 64.0 Å². The fourth-order valence-corrected chi connectivity index (χ4v) is 5.38. The summed E-state index contributed by atoms with van der Waals surface area (Å²) in [5.41, 5.74) is 3.76. The van der Waals surface area contributed by atoms with Gasteiger partial charge in [-0.3, -0.25) is 4.79 Å². The number of methoxy groups -OCH3 is 2. The molecule has 126 valence electrons. The van der Waals surface area contributed by atoms with E-state index in [9.17, 15) is 4.79 Å². The molecule has 0 aromatic carbocycles. The molecule has 0 spiro atoms. The highest BCUT2D eigenvalue weighted by Gasteiger charge is 2.53. The largest absolute Gasteiger partial charge is 0.353 e. The molecule has 4 aliphatic rings. The Morgan fingerprint density at radius 1 is 1.26 bits per heavy atom. The van der Waals surface area contributed by atoms with E-state index in [1.54, 1.807) is 14.2 Å². The Bertz CT molecular complexity index is 674. The van der Waals surface area contributed by atoms with Gasteiger partial charge in [0.15, 0.2) is 5.79 Å². The zero-order valence-electron chi connectivity index (χ0n) is 16.4. The van der Waals surface area contributed by atoms with Gasteiger partial charge in [-0.25, -0.2) is 0 Å². The minimum absolute atomic E-state index is 0.139. The molecule has 0 radical (unpaired) electrons. The molecule has 23 heavy (non-hydrogen) atoms. The zero-order valence-corrected chi connectivity index (χ0v) is 14.4. The van der Waals surface area contributed by atoms with Crippen LogP contribution in [0.2, 0.25) is 0 Å². The van der Waals surface area contributed by atoms with E-state index in [0.717, 1.165) is 32.1 Å². The van der Waals surface area contributed by atoms with E-state index < -0.39 is 17.6 Å². The maximum absolute atomic E-state index is 12.7. The van der Waals surface area contributed by atoms with E-state index in [-0.39, 0.29) is 11.7 Å². The second-order valence-corrected chi connectivity index (χ2v) is 7.82. The number of rotatable bonds is 2. The summed E-state index contributed by atoms with van der Waals surface area (Å²) in [6.45, 7) is 1.99. The van der Waals surface area contributed by atoms with Crippen LogP contribution in [0.4, 0.5) is 0 Å². The third-order valence-electron chi connectivity index (χ3n) is 6.97. The second-order valence-electron chi connectivity index (χ2n) is 7.82. The normalized spacial score (nSPS) is 42.2. The molecular weight excluding hydrogens is 288 g/mol. The predicted octanol–water partition coefficient (Wildman–Crippen LogP) is 4.18. The van der Waals surface area contributed by atoms with Crippen LogP contribution < -0.4 is 0 Å². The Morgan fingerprint density at radius 2 is 2.04 bits per heavy atom. The van der Waals surface area contributed by atoms with Crippen LogP contribution in [0.1, 0.15) is 61.0 Å². The van der Waals surface area contributed by atoms with Gasteiger partial charge in [0, 0.05) is 41.6 Å². The summed E-state index contributed by atoms with van der Waals surface area (Å²) < 4.78 is 27.6. The zero-order chi connectivity index (χ0) is 18.0. The molecule has 4 aliphatic carbocycles. The molecule has 0 aliphatic heterocycles. The Hall–Kier alpha value is -0.930. The lowest BCUT2D eigenvalue weighted by atomic mass is 9.58. The van der Waals surface area contributed by atoms with Gasteiger partial charge in [0.2, 0.25) is 0 Å². The summed E-state index contributed by atoms with van der Waals surface area (Å²) in [6, 6.07) is 0. The van der Waals surface area contributed by atoms with Gasteiger partial charge >= 0.3 is 0 Å². The molecule has 0 heterocycles. The van der Waals surface area contributed by atoms with E-state index in [0.29, 0.717) is 18.8 Å². The van der Waals surface area contributed by atoms with Gasteiger partial charge in [-0.2, -0.15) is 0 Å². The lowest BCUT2D eigenvalue weighted by molar-refractivity contribution is -0.212. The number of ketones is 1. The van der Waals surface area contributed by atoms with Gasteiger partial charge in [0.05, 0.1) is 0 Å². The molecule has 0 aromatic rings. The minimum Gasteiger partial charge on any atom is -0.353 e. The predicted molar refractivity (Wildman–Crippen MR) is 88.9 cm³/mol. The van der Waals surface area contributed by atoms with Crippen LogP contribution in [0.25, 0.3) is 0 Å². The molecule has 3 heteroatoms. The minimum atomic E-state index is -1.66. The maximum atomic E-state index is 12.7. The van der Waals surface area contributed by atoms with Crippen molar-refractivity contribution >= 4 is 5.78 Å². The summed E-state index contributed by atoms with van der Waals surface area (Å²) in [4.78, 5) is 12.7. The van der Waals surface area contributed by atoms with E-state index in [1.807, 2.05) is 6.92 Å². The van der Waals surface area contributed by atoms with Crippen molar-refractivity contribution in [3.63, 3.8) is 0 Å². The molecule has 4 rings (SSSR count). The van der Waals surface area contributed by atoms with Crippen molar-refractivity contribution in [1.82, 2.24) is 0 Å². The number of ether oxygens (including phenoxy) is 2. The fraction of sp³-hybridized carbons (Fsp3) is 0.750. The molecule has 0 aromatic heterocycles. The molecule has 0 unspecified atom stereocenters. The molecule has 1 saturated carbocycles. The van der Waals surface area contributed by atoms with E-state index in [1.165, 1.54) is 16.7 Å². The van der Waals surface area contributed by atoms with Crippen LogP contribution in [0, 0.1) is 17.3 Å². The van der Waals surface area contributed by atoms with E-state index >= 15 is 0 Å². The standard InChI is InChI=1S/C20H28O3/c1-19-10-8-15-14-9-11-20(22-2,23-3)12-13(14)4-5-16(15)17(19)6-7-18(19)21/h8,16-17H,4-7,9-12H2,1-3H3/t16-,17+,19+/m1/s1/i7D2. The topological polar surface area (TPSA) is 35.5 Å². The first kappa shape index (κ1) is 13.4. The fourth-order valence-electron chi connectivity index (χ4n) is 5.38. The number of hydrogen-bond acceptors (Lipinski definition) is 3. The van der Waals surface area contributed by atoms with Gasteiger partial charge in [-0.1, -0.05) is 18.6 Å². The number of fused-ring (bicyclic) bond motifs is 4. The average Bonchev–Trinajstić information content (AvgIpc) is 2.80. The van der Waals surface area contributed by atoms with Gasteiger partial charge < -0.3 is 9.47 Å². The van der Waals surface area contributed by atoms with Crippen molar-refractivity contribution in [3.8, 4) is 0 Å². The van der Waals surface area contributed by atoms with Crippen LogP contribution in [0.15, 0.2) is 22.8 Å². The maximum Gasteiger partial charge on any atom is 0.171 e. The van der Waals surface area contributed by atoms with Crippen molar-refractivity contribution < 1.29 is 17.0 Å². The SMILES string of the molecule is [2H]C1([2H])C[C@H]2[C@@H]3CCC4=C(CCC(OC)(OC)C4)C3=CC[C@]2(C)C1=O. The average molecular weight is 318 g/mol. The van der Waals surface area contributed by atoms with Crippen LogP contribution in [-0.2, 0) is 14.3 Å². The Labute approximate surface area is 141 Å². The summed E-state index contributed by atoms with van der Waals surface area (Å²) in [5, 5.41) is 0. The molecular formula is C20H28O3. The van der Waals surface area contributed by atoms with Crippen molar-refractivity contribution in [3.05, 3.63) is 22.8 Å². The first-order valence-electron chi connectivity index (χ1n) is 9.83. The van der Waals surface area contributed by atoms with Crippen LogP contribution in [-0.4, -0.2) is 25.8 Å². The molecule has 0 N–H and O–H groups in total. The monoisotopic (exact) mass is 318 g/mol. The number of carbonyl (C=O) groups excluding carboxylic acids is 1. The summed E-state index contributed by atoms with van der Waals surface area (Å²) in [5.74, 6) is -0.199. The van der Waals surface area contributed by atoms with Crippen LogP contribution in [0.3, 0.4) is 0 Å². The molecule has 0 bridgehead atoms. The molecule has 3 atom stereocenters. The quantitative estimate of drug-likeness (QED) is 0.716. The lowest BCUT2D eigenvalue weighted by Crippen LogP contribution is -2.42. The summed E-state index contributed by atoms with van der Waals surface area (Å²) in [7, 11) is 3.44. The Kier molecular flexibility index (Phi) is 3.07. The van der Waals surface area contributed by atoms with Gasteiger partial charge in [-0.05, 0) is 55.1 Å². The van der Waals surface area contributed by atoms with Gasteiger partial charge in [-0.15, -0.1) is 0 Å². The Balaban J connectivity index is 1.69. The number of carbonyl (C=O) groups is 1. The third kappa shape index (κ3) is 2.12. The molecule has 1 fully saturated rings. The molecule has 3 nitrogen and oxygen atoms in total. The summed E-state index contributed by atoms with van der Waals surface area (Å²) >= 11 is 0. The first-order chi connectivity index (χ1) is 11.8. The highest BCUT2D eigenvalue weighted by molar-refractivity contribution is 5.87. The third-order valence-corrected chi connectivity index (χ3v) is 6.97. The lowest BCUT2D eigenvalue weighted by Gasteiger charge is -2.47. The number of hydrogen-bond donors (Lipinski definition) is 0. The van der Waals surface area contributed by atoms with Crippen molar-refractivity contribution in [2.24, 2.45) is 17.3 Å². The van der Waals surface area contributed by atoms with Gasteiger partial charge in [0.25, 0.3) is 0 Å². The van der Waals surface area contributed by atoms with Crippen molar-refractivity contribution in [1.29, 1.82) is 0 Å². The van der Waals surface area contributed by atoms with E-state index in [2.05, 4.69) is 6.08 Å². The van der Waals surface area contributed by atoms with Crippen molar-refractivity contribution in [2.75, 3.05) is 14.2 Å². The smallest absolute Gasteiger partial charge is 0.171 e. The van der Waals surface area contributed by atoms with Crippen LogP contribution >= 0.6 is 0 Å². The highest BCUT2D eigenvalue weighted by Crippen LogP contribution is 2.58. The number of allylic oxidation sites excluding steroid dienone is 3. The van der Waals surface area contributed by atoms with Gasteiger partial charge in [0.1, 0.15) is 5.78 Å². The highest BCUT2D eigenvalue weighted by atomic mass is 16.7. The molecule has 0 saturated heterocycles. The van der Waals surface area contributed by atoms with E-state index in [4.69, 9.17) is 12.2 Å². The van der Waals surface area contributed by atoms with Crippen LogP contribution in [0.5, 0.6) is 0 Å². The Morgan fingerprint density at radius 3 is 2.78 bits per heavy atom. The molecule has 0 amide bonds.